The van der Waals surface area contributed by atoms with E-state index in [1.54, 1.807) is 19.2 Å². The first-order valence-electron chi connectivity index (χ1n) is 10.6. The van der Waals surface area contributed by atoms with Crippen molar-refractivity contribution < 1.29 is 23.1 Å². The number of nitrogens with zero attached hydrogens (tertiary/aromatic N) is 3. The first-order valence-corrected chi connectivity index (χ1v) is 13.5. The van der Waals surface area contributed by atoms with Gasteiger partial charge >= 0.3 is 6.09 Å². The summed E-state index contributed by atoms with van der Waals surface area (Å²) >= 11 is 0. The van der Waals surface area contributed by atoms with Crippen molar-refractivity contribution in [3.8, 4) is 0 Å². The predicted octanol–water partition coefficient (Wildman–Crippen LogP) is 4.01. The standard InChI is InChI=1S/C22H34FN3O4Si/c1-15(27)24(6)19-18(26(20(28)29-19)17-11-9-10-16(23)12-17)25-13-22(5,14-25)30-31(7,8)21(2,3)4/h9-12,18-19H,13-14H2,1-8H3. The molecule has 1 aromatic rings. The average Bonchev–Trinajstić information content (AvgIpc) is 2.94. The number of cyclic esters (lactones) is 1. The lowest BCUT2D eigenvalue weighted by molar-refractivity contribution is -0.146. The summed E-state index contributed by atoms with van der Waals surface area (Å²) in [4.78, 5) is 29.7. The van der Waals surface area contributed by atoms with Crippen LogP contribution in [0.1, 0.15) is 34.6 Å². The maximum Gasteiger partial charge on any atom is 0.417 e. The number of likely N-dealkylation sites (tertiary alicyclic amines) is 1. The molecule has 3 rings (SSSR count). The summed E-state index contributed by atoms with van der Waals surface area (Å²) in [6, 6.07) is 5.85. The second-order valence-corrected chi connectivity index (χ2v) is 15.1. The van der Waals surface area contributed by atoms with Gasteiger partial charge in [-0.15, -0.1) is 0 Å². The SMILES string of the molecule is CC(=O)N(C)C1OC(=O)N(c2cccc(F)c2)C1N1CC(C)(O[Si](C)(C)C(C)(C)C)C1. The Morgan fingerprint density at radius 3 is 2.45 bits per heavy atom. The van der Waals surface area contributed by atoms with Crippen molar-refractivity contribution in [3.05, 3.63) is 30.1 Å². The quantitative estimate of drug-likeness (QED) is 0.633. The normalized spacial score (nSPS) is 24.0. The molecule has 2 amide bonds. The predicted molar refractivity (Wildman–Crippen MR) is 120 cm³/mol. The molecular formula is C22H34FN3O4Si. The van der Waals surface area contributed by atoms with Crippen LogP contribution in [0.3, 0.4) is 0 Å². The topological polar surface area (TPSA) is 62.3 Å². The van der Waals surface area contributed by atoms with E-state index in [9.17, 15) is 14.0 Å². The van der Waals surface area contributed by atoms with Gasteiger partial charge in [-0.05, 0) is 43.3 Å². The Balaban J connectivity index is 1.88. The molecule has 2 unspecified atom stereocenters. The first-order chi connectivity index (χ1) is 14.2. The fourth-order valence-corrected chi connectivity index (χ4v) is 5.64. The molecule has 9 heteroatoms. The van der Waals surface area contributed by atoms with Gasteiger partial charge in [0.15, 0.2) is 14.5 Å². The highest BCUT2D eigenvalue weighted by Crippen LogP contribution is 2.43. The molecule has 2 aliphatic heterocycles. The fourth-order valence-electron chi connectivity index (χ4n) is 3.98. The van der Waals surface area contributed by atoms with Crippen molar-refractivity contribution in [1.82, 2.24) is 9.80 Å². The zero-order valence-corrected chi connectivity index (χ0v) is 20.7. The number of ether oxygens (including phenoxy) is 1. The fraction of sp³-hybridized carbons (Fsp3) is 0.636. The molecular weight excluding hydrogens is 417 g/mol. The number of carbonyl (C=O) groups is 2. The van der Waals surface area contributed by atoms with Gasteiger partial charge in [0, 0.05) is 27.1 Å². The van der Waals surface area contributed by atoms with Crippen molar-refractivity contribution in [3.63, 3.8) is 0 Å². The number of benzene rings is 1. The molecule has 31 heavy (non-hydrogen) atoms. The number of amides is 2. The van der Waals surface area contributed by atoms with Gasteiger partial charge in [-0.3, -0.25) is 14.6 Å². The molecule has 0 saturated carbocycles. The molecule has 0 bridgehead atoms. The van der Waals surface area contributed by atoms with Gasteiger partial charge in [-0.1, -0.05) is 26.8 Å². The van der Waals surface area contributed by atoms with Crippen molar-refractivity contribution >= 4 is 26.0 Å². The third-order valence-electron chi connectivity index (χ3n) is 6.66. The van der Waals surface area contributed by atoms with E-state index in [2.05, 4.69) is 45.7 Å². The summed E-state index contributed by atoms with van der Waals surface area (Å²) in [6.45, 7) is 15.7. The summed E-state index contributed by atoms with van der Waals surface area (Å²) < 4.78 is 26.1. The molecule has 0 radical (unpaired) electrons. The molecule has 0 N–H and O–H groups in total. The second kappa shape index (κ2) is 7.86. The summed E-state index contributed by atoms with van der Waals surface area (Å²) in [6.07, 6.45) is -1.97. The zero-order valence-electron chi connectivity index (χ0n) is 19.7. The molecule has 0 spiro atoms. The molecule has 172 valence electrons. The van der Waals surface area contributed by atoms with Crippen LogP contribution in [-0.2, 0) is 14.0 Å². The van der Waals surface area contributed by atoms with Gasteiger partial charge in [-0.25, -0.2) is 9.18 Å². The Bertz CT molecular complexity index is 867. The van der Waals surface area contributed by atoms with Crippen LogP contribution in [0.25, 0.3) is 0 Å². The molecule has 0 aromatic heterocycles. The number of hydrogen-bond donors (Lipinski definition) is 0. The Labute approximate surface area is 185 Å². The Morgan fingerprint density at radius 2 is 1.94 bits per heavy atom. The maximum absolute atomic E-state index is 13.9. The van der Waals surface area contributed by atoms with Crippen molar-refractivity contribution in [1.29, 1.82) is 0 Å². The summed E-state index contributed by atoms with van der Waals surface area (Å²) in [5.41, 5.74) is 0.0371. The van der Waals surface area contributed by atoms with E-state index in [1.165, 1.54) is 28.9 Å². The second-order valence-electron chi connectivity index (χ2n) is 10.4. The van der Waals surface area contributed by atoms with Crippen molar-refractivity contribution in [2.45, 2.75) is 70.7 Å². The number of rotatable bonds is 5. The van der Waals surface area contributed by atoms with Crippen LogP contribution < -0.4 is 4.90 Å². The highest BCUT2D eigenvalue weighted by atomic mass is 28.4. The van der Waals surface area contributed by atoms with Gasteiger partial charge in [0.1, 0.15) is 5.82 Å². The smallest absolute Gasteiger partial charge is 0.417 e. The molecule has 0 aliphatic carbocycles. The molecule has 7 nitrogen and oxygen atoms in total. The first kappa shape index (κ1) is 23.7. The highest BCUT2D eigenvalue weighted by Gasteiger charge is 2.56. The molecule has 2 saturated heterocycles. The van der Waals surface area contributed by atoms with Crippen LogP contribution in [0.5, 0.6) is 0 Å². The number of anilines is 1. The van der Waals surface area contributed by atoms with Gasteiger partial charge in [0.25, 0.3) is 0 Å². The van der Waals surface area contributed by atoms with E-state index in [1.807, 2.05) is 0 Å². The van der Waals surface area contributed by atoms with Crippen LogP contribution in [0.15, 0.2) is 24.3 Å². The third-order valence-corrected chi connectivity index (χ3v) is 11.3. The van der Waals surface area contributed by atoms with Gasteiger partial charge in [0.05, 0.1) is 11.3 Å². The summed E-state index contributed by atoms with van der Waals surface area (Å²) in [7, 11) is -0.386. The molecule has 1 aromatic carbocycles. The van der Waals surface area contributed by atoms with Crippen molar-refractivity contribution in [2.75, 3.05) is 25.0 Å². The van der Waals surface area contributed by atoms with E-state index in [0.717, 1.165) is 0 Å². The number of carbonyl (C=O) groups excluding carboxylic acids is 2. The van der Waals surface area contributed by atoms with E-state index < -0.39 is 32.6 Å². The third kappa shape index (κ3) is 4.49. The largest absolute Gasteiger partial charge is 0.421 e. The van der Waals surface area contributed by atoms with E-state index in [0.29, 0.717) is 18.8 Å². The van der Waals surface area contributed by atoms with Crippen LogP contribution in [0.4, 0.5) is 14.9 Å². The molecule has 2 heterocycles. The molecule has 2 aliphatic rings. The van der Waals surface area contributed by atoms with E-state index >= 15 is 0 Å². The lowest BCUT2D eigenvalue weighted by Gasteiger charge is -2.56. The van der Waals surface area contributed by atoms with Crippen LogP contribution in [0, 0.1) is 5.82 Å². The minimum Gasteiger partial charge on any atom is -0.421 e. The lowest BCUT2D eigenvalue weighted by Crippen LogP contribution is -2.71. The van der Waals surface area contributed by atoms with Gasteiger partial charge in [-0.2, -0.15) is 0 Å². The van der Waals surface area contributed by atoms with Crippen LogP contribution in [-0.4, -0.2) is 68.2 Å². The van der Waals surface area contributed by atoms with Crippen molar-refractivity contribution in [2.24, 2.45) is 0 Å². The monoisotopic (exact) mass is 451 g/mol. The average molecular weight is 452 g/mol. The van der Waals surface area contributed by atoms with Crippen LogP contribution in [0.2, 0.25) is 18.1 Å². The highest BCUT2D eigenvalue weighted by molar-refractivity contribution is 6.74. The van der Waals surface area contributed by atoms with Crippen LogP contribution >= 0.6 is 0 Å². The van der Waals surface area contributed by atoms with Gasteiger partial charge < -0.3 is 14.1 Å². The molecule has 2 atom stereocenters. The summed E-state index contributed by atoms with van der Waals surface area (Å²) in [5.74, 6) is -0.660. The molecule has 2 fully saturated rings. The van der Waals surface area contributed by atoms with Gasteiger partial charge in [0.2, 0.25) is 12.1 Å². The number of likely N-dealkylation sites (N-methyl/N-ethyl adjacent to an activating group) is 1. The van der Waals surface area contributed by atoms with E-state index in [-0.39, 0.29) is 16.5 Å². The number of hydrogen-bond acceptors (Lipinski definition) is 5. The lowest BCUT2D eigenvalue weighted by atomic mass is 9.95. The minimum absolute atomic E-state index is 0.0772. The Kier molecular flexibility index (Phi) is 6.01. The Hall–Kier alpha value is -1.97. The zero-order chi connectivity index (χ0) is 23.4. The Morgan fingerprint density at radius 1 is 1.32 bits per heavy atom. The maximum atomic E-state index is 13.9. The number of halogens is 1. The van der Waals surface area contributed by atoms with E-state index in [4.69, 9.17) is 9.16 Å². The minimum atomic E-state index is -1.99. The summed E-state index contributed by atoms with van der Waals surface area (Å²) in [5, 5.41) is 0.0772.